The number of hydrogen-bond donors (Lipinski definition) is 0. The van der Waals surface area contributed by atoms with Crippen LogP contribution in [0.25, 0.3) is 10.9 Å². The van der Waals surface area contributed by atoms with Crippen molar-refractivity contribution in [2.75, 3.05) is 0 Å². The highest BCUT2D eigenvalue weighted by atomic mass is 32.1. The molecule has 0 spiro atoms. The lowest BCUT2D eigenvalue weighted by atomic mass is 10.7. The summed E-state index contributed by atoms with van der Waals surface area (Å²) in [5, 5.41) is 14.9. The van der Waals surface area contributed by atoms with Gasteiger partial charge in [-0.1, -0.05) is 11.3 Å². The molecular formula is C4HN4OS. The average Bonchev–Trinajstić information content (AvgIpc) is 2.59. The molecule has 0 atom stereocenters. The molecule has 0 aliphatic rings. The van der Waals surface area contributed by atoms with Gasteiger partial charge < -0.3 is 4.42 Å². The Kier molecular flexibility index (Phi) is 1.17. The molecule has 2 aromatic rings. The van der Waals surface area contributed by atoms with E-state index in [9.17, 15) is 0 Å². The van der Waals surface area contributed by atoms with Crippen LogP contribution in [0.1, 0.15) is 0 Å². The molecule has 0 bridgehead atoms. The van der Waals surface area contributed by atoms with Crippen LogP contribution in [0, 0.1) is 6.39 Å². The first-order valence-corrected chi connectivity index (χ1v) is 3.31. The van der Waals surface area contributed by atoms with Gasteiger partial charge in [0.2, 0.25) is 5.01 Å². The summed E-state index contributed by atoms with van der Waals surface area (Å²) in [6.07, 6.45) is 2.22. The minimum absolute atomic E-state index is 0.363. The van der Waals surface area contributed by atoms with Gasteiger partial charge in [-0.25, -0.2) is 0 Å². The van der Waals surface area contributed by atoms with Crippen LogP contribution in [-0.4, -0.2) is 20.4 Å². The summed E-state index contributed by atoms with van der Waals surface area (Å²) in [7, 11) is 0. The van der Waals surface area contributed by atoms with Crippen LogP contribution in [0.2, 0.25) is 0 Å². The number of hydrogen-bond acceptors (Lipinski definition) is 6. The van der Waals surface area contributed by atoms with Crippen LogP contribution >= 0.6 is 11.3 Å². The molecule has 0 fully saturated rings. The Balaban J connectivity index is 2.48. The third kappa shape index (κ3) is 0.781. The molecule has 0 aliphatic carbocycles. The maximum absolute atomic E-state index is 4.74. The zero-order valence-corrected chi connectivity index (χ0v) is 5.50. The predicted octanol–water partition coefficient (Wildman–Crippen LogP) is 0.388. The first-order valence-electron chi connectivity index (χ1n) is 2.43. The van der Waals surface area contributed by atoms with Gasteiger partial charge in [0.25, 0.3) is 5.89 Å². The predicted molar refractivity (Wildman–Crippen MR) is 32.0 cm³/mol. The van der Waals surface area contributed by atoms with Gasteiger partial charge in [-0.3, -0.25) is 0 Å². The highest BCUT2D eigenvalue weighted by molar-refractivity contribution is 7.12. The van der Waals surface area contributed by atoms with E-state index in [0.717, 1.165) is 0 Å². The van der Waals surface area contributed by atoms with Gasteiger partial charge in [0.1, 0.15) is 5.51 Å². The largest absolute Gasteiger partial charge is 0.410 e. The maximum Gasteiger partial charge on any atom is 0.306 e. The molecule has 2 rings (SSSR count). The monoisotopic (exact) mass is 153 g/mol. The minimum atomic E-state index is 0.363. The molecular weight excluding hydrogens is 152 g/mol. The highest BCUT2D eigenvalue weighted by Crippen LogP contribution is 2.15. The van der Waals surface area contributed by atoms with Crippen LogP contribution in [-0.2, 0) is 0 Å². The van der Waals surface area contributed by atoms with Crippen molar-refractivity contribution < 1.29 is 4.42 Å². The van der Waals surface area contributed by atoms with Crippen molar-refractivity contribution in [1.29, 1.82) is 0 Å². The minimum Gasteiger partial charge on any atom is -0.410 e. The fourth-order valence-corrected chi connectivity index (χ4v) is 0.974. The second kappa shape index (κ2) is 2.14. The third-order valence-corrected chi connectivity index (χ3v) is 1.55. The summed E-state index contributed by atoms with van der Waals surface area (Å²) >= 11 is 1.34. The molecule has 1 radical (unpaired) electrons. The first kappa shape index (κ1) is 5.48. The van der Waals surface area contributed by atoms with Crippen molar-refractivity contribution in [2.24, 2.45) is 0 Å². The van der Waals surface area contributed by atoms with E-state index < -0.39 is 0 Å². The molecule has 0 N–H and O–H groups in total. The van der Waals surface area contributed by atoms with Crippen molar-refractivity contribution in [3.63, 3.8) is 0 Å². The van der Waals surface area contributed by atoms with Gasteiger partial charge in [0.15, 0.2) is 0 Å². The molecule has 2 aromatic heterocycles. The second-order valence-electron chi connectivity index (χ2n) is 1.44. The van der Waals surface area contributed by atoms with E-state index in [1.165, 1.54) is 11.3 Å². The van der Waals surface area contributed by atoms with Gasteiger partial charge in [0.05, 0.1) is 0 Å². The highest BCUT2D eigenvalue weighted by Gasteiger charge is 2.05. The van der Waals surface area contributed by atoms with Crippen LogP contribution in [0.4, 0.5) is 0 Å². The Morgan fingerprint density at radius 3 is 3.10 bits per heavy atom. The smallest absolute Gasteiger partial charge is 0.306 e. The van der Waals surface area contributed by atoms with E-state index in [2.05, 4.69) is 26.8 Å². The number of nitrogens with zero attached hydrogens (tertiary/aromatic N) is 4. The first-order chi connectivity index (χ1) is 4.97. The van der Waals surface area contributed by atoms with Crippen molar-refractivity contribution in [3.8, 4) is 10.9 Å². The number of rotatable bonds is 1. The molecule has 6 heteroatoms. The van der Waals surface area contributed by atoms with Crippen LogP contribution in [0.5, 0.6) is 0 Å². The molecule has 0 amide bonds. The summed E-state index contributed by atoms with van der Waals surface area (Å²) in [4.78, 5) is 0. The van der Waals surface area contributed by atoms with Gasteiger partial charge in [-0.15, -0.1) is 20.4 Å². The van der Waals surface area contributed by atoms with Crippen molar-refractivity contribution >= 4 is 11.3 Å². The molecule has 49 valence electrons. The summed E-state index contributed by atoms with van der Waals surface area (Å²) in [5.74, 6) is 0.363. The summed E-state index contributed by atoms with van der Waals surface area (Å²) in [6.45, 7) is 0. The normalized spacial score (nSPS) is 10.0. The van der Waals surface area contributed by atoms with Crippen LogP contribution in [0.15, 0.2) is 9.93 Å². The van der Waals surface area contributed by atoms with Gasteiger partial charge in [-0.05, 0) is 0 Å². The topological polar surface area (TPSA) is 64.7 Å². The van der Waals surface area contributed by atoms with Crippen molar-refractivity contribution in [1.82, 2.24) is 20.4 Å². The summed E-state index contributed by atoms with van der Waals surface area (Å²) in [5.41, 5.74) is 1.60. The number of aromatic nitrogens is 4. The Bertz CT molecular complexity index is 257. The molecule has 0 aliphatic heterocycles. The lowest BCUT2D eigenvalue weighted by Gasteiger charge is -1.77. The molecule has 2 heterocycles. The van der Waals surface area contributed by atoms with Gasteiger partial charge in [0, 0.05) is 0 Å². The molecule has 0 saturated heterocycles. The zero-order valence-electron chi connectivity index (χ0n) is 4.68. The fraction of sp³-hybridized carbons (Fsp3) is 0. The average molecular weight is 153 g/mol. The van der Waals surface area contributed by atoms with Crippen molar-refractivity contribution in [2.45, 2.75) is 0 Å². The second-order valence-corrected chi connectivity index (χ2v) is 2.28. The fourth-order valence-electron chi connectivity index (χ4n) is 0.503. The molecule has 0 unspecified atom stereocenters. The van der Waals surface area contributed by atoms with E-state index in [4.69, 9.17) is 4.42 Å². The van der Waals surface area contributed by atoms with E-state index in [-0.39, 0.29) is 0 Å². The maximum atomic E-state index is 4.74. The standard InChI is InChI=1S/C4HN4OS/c1-5-7-3(9-1)4-8-6-2-10-4/h2H. The summed E-state index contributed by atoms with van der Waals surface area (Å²) in [6, 6.07) is 0. The lowest BCUT2D eigenvalue weighted by Crippen LogP contribution is -1.75. The zero-order chi connectivity index (χ0) is 6.81. The van der Waals surface area contributed by atoms with Gasteiger partial charge >= 0.3 is 6.39 Å². The van der Waals surface area contributed by atoms with E-state index in [0.29, 0.717) is 10.9 Å². The van der Waals surface area contributed by atoms with Crippen LogP contribution in [0.3, 0.4) is 0 Å². The van der Waals surface area contributed by atoms with E-state index >= 15 is 0 Å². The van der Waals surface area contributed by atoms with E-state index in [1.807, 2.05) is 0 Å². The molecule has 0 aromatic carbocycles. The van der Waals surface area contributed by atoms with E-state index in [1.54, 1.807) is 5.51 Å². The van der Waals surface area contributed by atoms with Crippen LogP contribution < -0.4 is 0 Å². The molecule has 5 nitrogen and oxygen atoms in total. The Morgan fingerprint density at radius 1 is 1.50 bits per heavy atom. The molecule has 0 saturated carbocycles. The third-order valence-electron chi connectivity index (χ3n) is 0.867. The van der Waals surface area contributed by atoms with Gasteiger partial charge in [-0.2, -0.15) is 0 Å². The quantitative estimate of drug-likeness (QED) is 0.592. The summed E-state index contributed by atoms with van der Waals surface area (Å²) < 4.78 is 4.74. The Hall–Kier alpha value is -1.30. The SMILES string of the molecule is [c]1nnc(-c2nncs2)o1. The van der Waals surface area contributed by atoms with Crippen molar-refractivity contribution in [3.05, 3.63) is 11.9 Å². The Labute approximate surface area is 59.7 Å². The Morgan fingerprint density at radius 2 is 2.50 bits per heavy atom. The molecule has 10 heavy (non-hydrogen) atoms. The lowest BCUT2D eigenvalue weighted by molar-refractivity contribution is 0.558.